The van der Waals surface area contributed by atoms with Crippen LogP contribution in [0.25, 0.3) is 0 Å². The first kappa shape index (κ1) is 18.6. The summed E-state index contributed by atoms with van der Waals surface area (Å²) in [5.74, 6) is 0.496. The number of para-hydroxylation sites is 1. The fourth-order valence-corrected chi connectivity index (χ4v) is 2.84. The molecule has 27 heavy (non-hydrogen) atoms. The number of carbonyl (C=O) groups excluding carboxylic acids is 1. The Balaban J connectivity index is 1.82. The van der Waals surface area contributed by atoms with Crippen molar-refractivity contribution in [2.75, 3.05) is 10.2 Å². The van der Waals surface area contributed by atoms with Gasteiger partial charge in [-0.3, -0.25) is 4.79 Å². The summed E-state index contributed by atoms with van der Waals surface area (Å²) >= 11 is 0. The van der Waals surface area contributed by atoms with E-state index >= 15 is 0 Å². The number of nitrogens with one attached hydrogen (secondary N) is 1. The van der Waals surface area contributed by atoms with Gasteiger partial charge in [-0.05, 0) is 38.0 Å². The van der Waals surface area contributed by atoms with Crippen LogP contribution in [0.4, 0.5) is 11.5 Å². The number of carbonyl (C=O) groups is 1. The molecule has 5 nitrogen and oxygen atoms in total. The Morgan fingerprint density at radius 1 is 1.04 bits per heavy atom. The number of hydrogen-bond donors (Lipinski definition) is 1. The zero-order chi connectivity index (χ0) is 19.2. The smallest absolute Gasteiger partial charge is 0.274 e. The van der Waals surface area contributed by atoms with Gasteiger partial charge in [0.25, 0.3) is 5.91 Å². The molecular formula is C22H24N4O. The Hall–Kier alpha value is -3.21. The van der Waals surface area contributed by atoms with E-state index in [1.165, 1.54) is 11.9 Å². The molecule has 0 unspecified atom stereocenters. The molecule has 2 aromatic carbocycles. The van der Waals surface area contributed by atoms with Crippen LogP contribution in [0.1, 0.15) is 35.5 Å². The molecule has 1 aromatic heterocycles. The highest BCUT2D eigenvalue weighted by atomic mass is 16.1. The predicted octanol–water partition coefficient (Wildman–Crippen LogP) is 4.45. The Morgan fingerprint density at radius 3 is 2.44 bits per heavy atom. The second-order valence-electron chi connectivity index (χ2n) is 6.74. The van der Waals surface area contributed by atoms with Gasteiger partial charge in [0.05, 0.1) is 0 Å². The second kappa shape index (κ2) is 8.45. The monoisotopic (exact) mass is 360 g/mol. The van der Waals surface area contributed by atoms with E-state index in [-0.39, 0.29) is 11.9 Å². The molecule has 0 fully saturated rings. The molecule has 3 rings (SSSR count). The highest BCUT2D eigenvalue weighted by molar-refractivity contribution is 6.03. The Kier molecular flexibility index (Phi) is 5.81. The molecule has 5 heteroatoms. The summed E-state index contributed by atoms with van der Waals surface area (Å²) in [7, 11) is 0. The predicted molar refractivity (Wildman–Crippen MR) is 109 cm³/mol. The number of aromatic nitrogens is 2. The number of amides is 1. The lowest BCUT2D eigenvalue weighted by Crippen LogP contribution is -2.31. The van der Waals surface area contributed by atoms with Crippen LogP contribution in [-0.2, 0) is 6.54 Å². The van der Waals surface area contributed by atoms with Crippen molar-refractivity contribution in [1.82, 2.24) is 9.97 Å². The Bertz CT molecular complexity index is 909. The third-order valence-corrected chi connectivity index (χ3v) is 4.39. The van der Waals surface area contributed by atoms with E-state index < -0.39 is 0 Å². The average Bonchev–Trinajstić information content (AvgIpc) is 2.68. The van der Waals surface area contributed by atoms with Gasteiger partial charge < -0.3 is 10.2 Å². The zero-order valence-electron chi connectivity index (χ0n) is 15.9. The number of rotatable bonds is 6. The summed E-state index contributed by atoms with van der Waals surface area (Å²) in [6.45, 7) is 6.89. The van der Waals surface area contributed by atoms with Crippen molar-refractivity contribution < 1.29 is 4.79 Å². The number of anilines is 2. The average molecular weight is 360 g/mol. The first-order chi connectivity index (χ1) is 13.0. The molecule has 1 heterocycles. The summed E-state index contributed by atoms with van der Waals surface area (Å²) in [6.07, 6.45) is 1.45. The van der Waals surface area contributed by atoms with E-state index in [1.54, 1.807) is 6.07 Å². The summed E-state index contributed by atoms with van der Waals surface area (Å²) < 4.78 is 0. The maximum atomic E-state index is 12.6. The quantitative estimate of drug-likeness (QED) is 0.705. The molecule has 0 aliphatic carbocycles. The molecule has 0 bridgehead atoms. The molecular weight excluding hydrogens is 336 g/mol. The van der Waals surface area contributed by atoms with E-state index in [4.69, 9.17) is 0 Å². The zero-order valence-corrected chi connectivity index (χ0v) is 15.9. The highest BCUT2D eigenvalue weighted by Crippen LogP contribution is 2.19. The van der Waals surface area contributed by atoms with Crippen LogP contribution in [0.2, 0.25) is 0 Å². The van der Waals surface area contributed by atoms with Crippen LogP contribution in [0.5, 0.6) is 0 Å². The van der Waals surface area contributed by atoms with Crippen molar-refractivity contribution in [2.45, 2.75) is 33.4 Å². The maximum absolute atomic E-state index is 12.6. The SMILES string of the molecule is Cc1ccccc1NC(=O)c1cc(N(Cc2ccccc2)C(C)C)ncn1. The van der Waals surface area contributed by atoms with Crippen molar-refractivity contribution in [3.05, 3.63) is 83.8 Å². The van der Waals surface area contributed by atoms with E-state index in [9.17, 15) is 4.79 Å². The summed E-state index contributed by atoms with van der Waals surface area (Å²) in [5.41, 5.74) is 3.33. The van der Waals surface area contributed by atoms with Crippen LogP contribution >= 0.6 is 0 Å². The van der Waals surface area contributed by atoms with Gasteiger partial charge in [0, 0.05) is 24.3 Å². The largest absolute Gasteiger partial charge is 0.350 e. The molecule has 0 atom stereocenters. The standard InChI is InChI=1S/C22H24N4O/c1-16(2)26(14-18-10-5-4-6-11-18)21-13-20(23-15-24-21)22(27)25-19-12-8-7-9-17(19)3/h4-13,15-16H,14H2,1-3H3,(H,25,27). The molecule has 0 saturated carbocycles. The third-order valence-electron chi connectivity index (χ3n) is 4.39. The van der Waals surface area contributed by atoms with Crippen LogP contribution in [0, 0.1) is 6.92 Å². The van der Waals surface area contributed by atoms with Crippen LogP contribution in [-0.4, -0.2) is 21.9 Å². The molecule has 0 saturated heterocycles. The van der Waals surface area contributed by atoms with Gasteiger partial charge in [0.1, 0.15) is 17.8 Å². The number of benzene rings is 2. The first-order valence-corrected chi connectivity index (χ1v) is 9.04. The van der Waals surface area contributed by atoms with Crippen LogP contribution < -0.4 is 10.2 Å². The summed E-state index contributed by atoms with van der Waals surface area (Å²) in [6, 6.07) is 19.9. The molecule has 138 valence electrons. The molecule has 0 aliphatic heterocycles. The van der Waals surface area contributed by atoms with Gasteiger partial charge >= 0.3 is 0 Å². The van der Waals surface area contributed by atoms with Crippen LogP contribution in [0.15, 0.2) is 67.0 Å². The van der Waals surface area contributed by atoms with E-state index in [0.29, 0.717) is 12.2 Å². The van der Waals surface area contributed by atoms with Gasteiger partial charge in [-0.15, -0.1) is 0 Å². The molecule has 1 amide bonds. The van der Waals surface area contributed by atoms with E-state index in [1.807, 2.05) is 49.4 Å². The Labute approximate surface area is 160 Å². The molecule has 0 spiro atoms. The summed E-state index contributed by atoms with van der Waals surface area (Å²) in [4.78, 5) is 23.4. The molecule has 3 aromatic rings. The normalized spacial score (nSPS) is 10.7. The van der Waals surface area contributed by atoms with E-state index in [2.05, 4.69) is 46.2 Å². The maximum Gasteiger partial charge on any atom is 0.274 e. The van der Waals surface area contributed by atoms with Gasteiger partial charge in [-0.2, -0.15) is 0 Å². The molecule has 0 radical (unpaired) electrons. The van der Waals surface area contributed by atoms with Gasteiger partial charge in [0.15, 0.2) is 0 Å². The van der Waals surface area contributed by atoms with Gasteiger partial charge in [-0.25, -0.2) is 9.97 Å². The third kappa shape index (κ3) is 4.70. The lowest BCUT2D eigenvalue weighted by molar-refractivity contribution is 0.102. The second-order valence-corrected chi connectivity index (χ2v) is 6.74. The van der Waals surface area contributed by atoms with Crippen molar-refractivity contribution in [3.8, 4) is 0 Å². The highest BCUT2D eigenvalue weighted by Gasteiger charge is 2.16. The van der Waals surface area contributed by atoms with Crippen molar-refractivity contribution in [3.63, 3.8) is 0 Å². The lowest BCUT2D eigenvalue weighted by Gasteiger charge is -2.28. The number of nitrogens with zero attached hydrogens (tertiary/aromatic N) is 3. The summed E-state index contributed by atoms with van der Waals surface area (Å²) in [5, 5.41) is 2.92. The number of hydrogen-bond acceptors (Lipinski definition) is 4. The van der Waals surface area contributed by atoms with Crippen LogP contribution in [0.3, 0.4) is 0 Å². The fourth-order valence-electron chi connectivity index (χ4n) is 2.84. The minimum atomic E-state index is -0.239. The Morgan fingerprint density at radius 2 is 1.74 bits per heavy atom. The topological polar surface area (TPSA) is 58.1 Å². The number of aryl methyl sites for hydroxylation is 1. The van der Waals surface area contributed by atoms with Crippen molar-refractivity contribution >= 4 is 17.4 Å². The minimum absolute atomic E-state index is 0.229. The minimum Gasteiger partial charge on any atom is -0.350 e. The molecule has 0 aliphatic rings. The fraction of sp³-hybridized carbons (Fsp3) is 0.227. The van der Waals surface area contributed by atoms with Gasteiger partial charge in [0.2, 0.25) is 0 Å². The van der Waals surface area contributed by atoms with E-state index in [0.717, 1.165) is 17.1 Å². The van der Waals surface area contributed by atoms with Gasteiger partial charge in [-0.1, -0.05) is 48.5 Å². The van der Waals surface area contributed by atoms with Crippen molar-refractivity contribution in [1.29, 1.82) is 0 Å². The van der Waals surface area contributed by atoms with Crippen molar-refractivity contribution in [2.24, 2.45) is 0 Å². The first-order valence-electron chi connectivity index (χ1n) is 9.04. The molecule has 1 N–H and O–H groups in total. The lowest BCUT2D eigenvalue weighted by atomic mass is 10.2.